The summed E-state index contributed by atoms with van der Waals surface area (Å²) in [6.07, 6.45) is 18.4. The fourth-order valence-corrected chi connectivity index (χ4v) is 2.89. The van der Waals surface area contributed by atoms with Crippen molar-refractivity contribution in [1.29, 1.82) is 5.41 Å². The normalized spacial score (nSPS) is 18.3. The summed E-state index contributed by atoms with van der Waals surface area (Å²) in [5.41, 5.74) is 13.5. The van der Waals surface area contributed by atoms with Gasteiger partial charge < -0.3 is 27.3 Å². The monoisotopic (exact) mass is 434 g/mol. The van der Waals surface area contributed by atoms with Crippen molar-refractivity contribution in [3.63, 3.8) is 0 Å². The summed E-state index contributed by atoms with van der Waals surface area (Å²) in [6.45, 7) is 12.8. The number of hydrogen-bond acceptors (Lipinski definition) is 5. The molecule has 2 aliphatic carbocycles. The maximum atomic E-state index is 9.03. The Balaban J connectivity index is 0. The van der Waals surface area contributed by atoms with E-state index in [1.54, 1.807) is 12.2 Å². The highest BCUT2D eigenvalue weighted by Crippen LogP contribution is 2.15. The predicted molar refractivity (Wildman–Crippen MR) is 139 cm³/mol. The van der Waals surface area contributed by atoms with Gasteiger partial charge in [-0.3, -0.25) is 0 Å². The molecule has 5 heteroatoms. The van der Waals surface area contributed by atoms with Crippen LogP contribution in [-0.2, 0) is 0 Å². The molecule has 2 atom stereocenters. The Labute approximate surface area is 192 Å². The summed E-state index contributed by atoms with van der Waals surface area (Å²) >= 11 is 0. The van der Waals surface area contributed by atoms with Gasteiger partial charge >= 0.3 is 0 Å². The van der Waals surface area contributed by atoms with Crippen molar-refractivity contribution < 1.29 is 5.11 Å². The van der Waals surface area contributed by atoms with Crippen LogP contribution in [0.25, 0.3) is 0 Å². The van der Waals surface area contributed by atoms with Crippen LogP contribution in [0.15, 0.2) is 47.6 Å². The summed E-state index contributed by atoms with van der Waals surface area (Å²) in [5, 5.41) is 19.7. The van der Waals surface area contributed by atoms with Gasteiger partial charge in [-0.1, -0.05) is 77.5 Å². The van der Waals surface area contributed by atoms with Crippen LogP contribution in [0.2, 0.25) is 0 Å². The average Bonchev–Trinajstić information content (AvgIpc) is 2.79. The highest BCUT2D eigenvalue weighted by molar-refractivity contribution is 6.10. The Morgan fingerprint density at radius 1 is 1.16 bits per heavy atom. The molecular formula is C26H50N4O. The first-order chi connectivity index (χ1) is 14.8. The average molecular weight is 435 g/mol. The largest absolute Gasteiger partial charge is 0.375 e. The van der Waals surface area contributed by atoms with Crippen LogP contribution in [0.3, 0.4) is 0 Å². The lowest BCUT2D eigenvalue weighted by Gasteiger charge is -2.09. The van der Waals surface area contributed by atoms with E-state index in [0.717, 1.165) is 30.5 Å². The molecule has 7 N–H and O–H groups in total. The van der Waals surface area contributed by atoms with Crippen molar-refractivity contribution in [3.05, 3.63) is 47.6 Å². The number of hydrogen-bond donors (Lipinski definition) is 5. The van der Waals surface area contributed by atoms with E-state index in [2.05, 4.69) is 18.8 Å². The molecule has 0 spiro atoms. The first-order valence-electron chi connectivity index (χ1n) is 12.0. The van der Waals surface area contributed by atoms with Gasteiger partial charge in [0.15, 0.2) is 0 Å². The summed E-state index contributed by atoms with van der Waals surface area (Å²) in [4.78, 5) is 0. The molecule has 180 valence electrons. The summed E-state index contributed by atoms with van der Waals surface area (Å²) in [6, 6.07) is 0.415. The zero-order chi connectivity index (χ0) is 24.1. The van der Waals surface area contributed by atoms with Gasteiger partial charge in [-0.25, -0.2) is 0 Å². The molecule has 5 nitrogen and oxygen atoms in total. The zero-order valence-corrected chi connectivity index (χ0v) is 20.8. The zero-order valence-electron chi connectivity index (χ0n) is 20.8. The summed E-state index contributed by atoms with van der Waals surface area (Å²) in [7, 11) is 1.97. The van der Waals surface area contributed by atoms with Gasteiger partial charge in [0.2, 0.25) is 0 Å². The molecule has 2 aliphatic rings. The maximum absolute atomic E-state index is 9.03. The second kappa shape index (κ2) is 21.7. The third-order valence-electron chi connectivity index (χ3n) is 4.95. The standard InChI is InChI=1S/C11H14N2O.C7H18N2.C6H12.C2H6/c1-7-3-4-10(12)9(5-7)6-8(2)11(13)14;1-3-7(8)5-4-6-9-2;1-2-4-6-5-3-1;1-2/h3-6,11-12,14H,2,13H2,1H3;7,9H,3-6,8H2,1-2H3;1-6H2;1-2H3/b9-6-,12-10?;;;. The molecule has 0 aromatic heterocycles. The molecule has 1 saturated carbocycles. The van der Waals surface area contributed by atoms with Crippen molar-refractivity contribution in [3.8, 4) is 0 Å². The van der Waals surface area contributed by atoms with Crippen LogP contribution in [0.5, 0.6) is 0 Å². The number of nitrogens with two attached hydrogens (primary N) is 2. The Morgan fingerprint density at radius 2 is 1.68 bits per heavy atom. The predicted octanol–water partition coefficient (Wildman–Crippen LogP) is 5.37. The third kappa shape index (κ3) is 18.9. The smallest absolute Gasteiger partial charge is 0.128 e. The van der Waals surface area contributed by atoms with E-state index < -0.39 is 6.23 Å². The van der Waals surface area contributed by atoms with Gasteiger partial charge in [-0.15, -0.1) is 0 Å². The molecular weight excluding hydrogens is 384 g/mol. The van der Waals surface area contributed by atoms with Gasteiger partial charge in [0.05, 0.1) is 5.71 Å². The van der Waals surface area contributed by atoms with Crippen molar-refractivity contribution in [2.45, 2.75) is 97.8 Å². The van der Waals surface area contributed by atoms with Crippen LogP contribution >= 0.6 is 0 Å². The van der Waals surface area contributed by atoms with E-state index in [1.165, 1.54) is 44.9 Å². The molecule has 0 saturated heterocycles. The van der Waals surface area contributed by atoms with Gasteiger partial charge in [0.1, 0.15) is 6.23 Å². The molecule has 31 heavy (non-hydrogen) atoms. The topological polar surface area (TPSA) is 108 Å². The van der Waals surface area contributed by atoms with Gasteiger partial charge in [-0.2, -0.15) is 0 Å². The first-order valence-corrected chi connectivity index (χ1v) is 12.0. The number of aliphatic hydroxyl groups is 1. The van der Waals surface area contributed by atoms with Crippen molar-refractivity contribution >= 4 is 5.71 Å². The minimum Gasteiger partial charge on any atom is -0.375 e. The Kier molecular flexibility index (Phi) is 22.2. The molecule has 2 unspecified atom stereocenters. The highest BCUT2D eigenvalue weighted by Gasteiger charge is 2.06. The van der Waals surface area contributed by atoms with E-state index in [4.69, 9.17) is 22.0 Å². The van der Waals surface area contributed by atoms with E-state index >= 15 is 0 Å². The maximum Gasteiger partial charge on any atom is 0.128 e. The van der Waals surface area contributed by atoms with Crippen LogP contribution in [-0.4, -0.2) is 36.7 Å². The summed E-state index contributed by atoms with van der Waals surface area (Å²) < 4.78 is 0. The van der Waals surface area contributed by atoms with Crippen molar-refractivity contribution in [2.75, 3.05) is 13.6 Å². The fraction of sp³-hybridized carbons (Fsp3) is 0.654. The molecule has 0 heterocycles. The first kappa shape index (κ1) is 31.7. The Morgan fingerprint density at radius 3 is 2.10 bits per heavy atom. The van der Waals surface area contributed by atoms with Crippen LogP contribution in [0.4, 0.5) is 0 Å². The van der Waals surface area contributed by atoms with Gasteiger partial charge in [-0.05, 0) is 63.6 Å². The van der Waals surface area contributed by atoms with Crippen LogP contribution < -0.4 is 16.8 Å². The quantitative estimate of drug-likeness (QED) is 0.274. The Bertz CT molecular complexity index is 546. The number of nitrogens with one attached hydrogen (secondary N) is 2. The Hall–Kier alpha value is -1.53. The SMILES string of the molecule is C1CCCCC1.C=C(/C=C1/C=C(C)C=CC1=N)C(N)O.CC.CCC(N)CCCNC. The lowest BCUT2D eigenvalue weighted by atomic mass is 9.99. The van der Waals surface area contributed by atoms with E-state index in [1.807, 2.05) is 40.0 Å². The molecule has 1 fully saturated rings. The lowest BCUT2D eigenvalue weighted by Crippen LogP contribution is -2.20. The highest BCUT2D eigenvalue weighted by atomic mass is 16.3. The van der Waals surface area contributed by atoms with E-state index in [0.29, 0.717) is 17.3 Å². The molecule has 0 radical (unpaired) electrons. The number of rotatable bonds is 7. The lowest BCUT2D eigenvalue weighted by molar-refractivity contribution is 0.223. The van der Waals surface area contributed by atoms with Crippen molar-refractivity contribution in [2.24, 2.45) is 11.5 Å². The van der Waals surface area contributed by atoms with Gasteiger partial charge in [0, 0.05) is 11.6 Å². The minimum atomic E-state index is -1.06. The van der Waals surface area contributed by atoms with Crippen LogP contribution in [0.1, 0.15) is 85.5 Å². The fourth-order valence-electron chi connectivity index (χ4n) is 2.89. The van der Waals surface area contributed by atoms with E-state index in [9.17, 15) is 0 Å². The molecule has 0 aromatic rings. The van der Waals surface area contributed by atoms with Gasteiger partial charge in [0.25, 0.3) is 0 Å². The minimum absolute atomic E-state index is 0.400. The third-order valence-corrected chi connectivity index (χ3v) is 4.95. The number of allylic oxidation sites excluding steroid dienone is 5. The van der Waals surface area contributed by atoms with Crippen LogP contribution in [0, 0.1) is 5.41 Å². The van der Waals surface area contributed by atoms with E-state index in [-0.39, 0.29) is 0 Å². The second-order valence-electron chi connectivity index (χ2n) is 7.79. The van der Waals surface area contributed by atoms with Crippen molar-refractivity contribution in [1.82, 2.24) is 5.32 Å². The molecule has 0 amide bonds. The summed E-state index contributed by atoms with van der Waals surface area (Å²) in [5.74, 6) is 0. The molecule has 2 rings (SSSR count). The molecule has 0 aliphatic heterocycles. The number of aliphatic hydroxyl groups excluding tert-OH is 1. The molecule has 0 bridgehead atoms. The second-order valence-corrected chi connectivity index (χ2v) is 7.79. The molecule has 0 aromatic carbocycles.